The van der Waals surface area contributed by atoms with Crippen molar-refractivity contribution >= 4 is 10.8 Å². The van der Waals surface area contributed by atoms with E-state index in [1.807, 2.05) is 50.2 Å². The molecule has 2 heterocycles. The first-order chi connectivity index (χ1) is 16.6. The third-order valence-electron chi connectivity index (χ3n) is 5.99. The van der Waals surface area contributed by atoms with Crippen LogP contribution in [0.1, 0.15) is 35.2 Å². The molecule has 7 heteroatoms. The number of fused-ring (bicyclic) bond motifs is 2. The van der Waals surface area contributed by atoms with Gasteiger partial charge in [0.15, 0.2) is 11.5 Å². The number of rotatable bonds is 6. The molecule has 1 aliphatic heterocycles. The van der Waals surface area contributed by atoms with Gasteiger partial charge in [-0.1, -0.05) is 48.5 Å². The maximum atomic E-state index is 9.82. The second kappa shape index (κ2) is 8.83. The van der Waals surface area contributed by atoms with E-state index >= 15 is 0 Å². The summed E-state index contributed by atoms with van der Waals surface area (Å²) in [6.45, 7) is 4.69. The maximum absolute atomic E-state index is 9.82. The van der Waals surface area contributed by atoms with Crippen LogP contribution in [-0.2, 0) is 6.61 Å². The van der Waals surface area contributed by atoms with Crippen molar-refractivity contribution in [2.24, 2.45) is 5.73 Å². The van der Waals surface area contributed by atoms with Gasteiger partial charge >= 0.3 is 0 Å². The van der Waals surface area contributed by atoms with Crippen LogP contribution < -0.4 is 19.9 Å². The van der Waals surface area contributed by atoms with Crippen LogP contribution in [0.15, 0.2) is 72.1 Å². The normalized spacial score (nSPS) is 14.9. The average Bonchev–Trinajstić information content (AvgIpc) is 3.22. The Morgan fingerprint density at radius 1 is 1.09 bits per heavy atom. The summed E-state index contributed by atoms with van der Waals surface area (Å²) in [5, 5.41) is 19.3. The summed E-state index contributed by atoms with van der Waals surface area (Å²) in [4.78, 5) is 0. The monoisotopic (exact) mass is 452 g/mol. The van der Waals surface area contributed by atoms with Crippen molar-refractivity contribution in [1.82, 2.24) is 10.2 Å². The number of aryl methyl sites for hydroxylation is 1. The molecule has 1 aliphatic rings. The molecule has 1 aromatic heterocycles. The van der Waals surface area contributed by atoms with Gasteiger partial charge < -0.3 is 19.9 Å². The number of aromatic nitrogens is 2. The Hall–Kier alpha value is -4.44. The van der Waals surface area contributed by atoms with E-state index in [-0.39, 0.29) is 5.88 Å². The molecule has 0 saturated heterocycles. The van der Waals surface area contributed by atoms with E-state index < -0.39 is 5.92 Å². The van der Waals surface area contributed by atoms with Gasteiger partial charge in [0.05, 0.1) is 12.5 Å². The van der Waals surface area contributed by atoms with Crippen LogP contribution in [0.2, 0.25) is 0 Å². The van der Waals surface area contributed by atoms with E-state index in [1.54, 1.807) is 0 Å². The van der Waals surface area contributed by atoms with Crippen molar-refractivity contribution in [2.45, 2.75) is 26.4 Å². The first-order valence-corrected chi connectivity index (χ1v) is 11.1. The van der Waals surface area contributed by atoms with E-state index in [4.69, 9.17) is 19.9 Å². The van der Waals surface area contributed by atoms with Crippen molar-refractivity contribution < 1.29 is 14.2 Å². The smallest absolute Gasteiger partial charge is 0.244 e. The lowest BCUT2D eigenvalue weighted by Gasteiger charge is -2.24. The van der Waals surface area contributed by atoms with Crippen molar-refractivity contribution in [3.05, 3.63) is 94.5 Å². The van der Waals surface area contributed by atoms with E-state index in [0.29, 0.717) is 36.2 Å². The highest BCUT2D eigenvalue weighted by molar-refractivity contribution is 5.85. The van der Waals surface area contributed by atoms with Crippen molar-refractivity contribution in [1.29, 1.82) is 5.26 Å². The summed E-state index contributed by atoms with van der Waals surface area (Å²) in [5.41, 5.74) is 9.93. The topological polar surface area (TPSA) is 106 Å². The number of nitrogens with two attached hydrogens (primary N) is 1. The van der Waals surface area contributed by atoms with E-state index in [1.165, 1.54) is 5.39 Å². The predicted molar refractivity (Wildman–Crippen MR) is 129 cm³/mol. The highest BCUT2D eigenvalue weighted by atomic mass is 16.5. The Balaban J connectivity index is 1.50. The minimum absolute atomic E-state index is 0.0562. The molecular weight excluding hydrogens is 428 g/mol. The molecule has 7 nitrogen and oxygen atoms in total. The van der Waals surface area contributed by atoms with Gasteiger partial charge in [0.25, 0.3) is 0 Å². The highest BCUT2D eigenvalue weighted by Gasteiger charge is 2.34. The quantitative estimate of drug-likeness (QED) is 0.423. The third kappa shape index (κ3) is 3.69. The molecule has 0 saturated carbocycles. The van der Waals surface area contributed by atoms with Gasteiger partial charge in [-0.25, -0.2) is 0 Å². The number of hydrogen-bond donors (Lipinski definition) is 2. The first kappa shape index (κ1) is 21.4. The molecule has 4 aromatic rings. The number of hydrogen-bond acceptors (Lipinski definition) is 6. The minimum atomic E-state index is -0.418. The number of allylic oxidation sites excluding steroid dienone is 1. The lowest BCUT2D eigenvalue weighted by atomic mass is 9.84. The summed E-state index contributed by atoms with van der Waals surface area (Å²) < 4.78 is 17.7. The molecule has 1 atom stereocenters. The molecule has 3 N–H and O–H groups in total. The second-order valence-electron chi connectivity index (χ2n) is 8.06. The van der Waals surface area contributed by atoms with Crippen LogP contribution in [0.4, 0.5) is 0 Å². The van der Waals surface area contributed by atoms with Crippen LogP contribution in [0.3, 0.4) is 0 Å². The number of benzene rings is 3. The van der Waals surface area contributed by atoms with Crippen LogP contribution in [0.5, 0.6) is 17.4 Å². The molecule has 0 spiro atoms. The molecule has 3 aromatic carbocycles. The predicted octanol–water partition coefficient (Wildman–Crippen LogP) is 5.07. The van der Waals surface area contributed by atoms with Gasteiger partial charge in [0, 0.05) is 11.3 Å². The van der Waals surface area contributed by atoms with E-state index in [2.05, 4.69) is 40.5 Å². The number of aromatic amines is 1. The van der Waals surface area contributed by atoms with Crippen molar-refractivity contribution in [2.75, 3.05) is 6.61 Å². The summed E-state index contributed by atoms with van der Waals surface area (Å²) in [6, 6.07) is 22.3. The molecular formula is C27H24N4O3. The van der Waals surface area contributed by atoms with Crippen molar-refractivity contribution in [3.8, 4) is 23.4 Å². The fourth-order valence-corrected chi connectivity index (χ4v) is 4.40. The third-order valence-corrected chi connectivity index (χ3v) is 5.99. The van der Waals surface area contributed by atoms with E-state index in [9.17, 15) is 5.26 Å². The molecule has 0 bridgehead atoms. The Bertz CT molecular complexity index is 1440. The maximum Gasteiger partial charge on any atom is 0.244 e. The molecule has 0 aliphatic carbocycles. The van der Waals surface area contributed by atoms with Gasteiger partial charge in [0.1, 0.15) is 18.2 Å². The first-order valence-electron chi connectivity index (χ1n) is 11.1. The number of nitrogens with zero attached hydrogens (tertiary/aromatic N) is 2. The molecule has 0 radical (unpaired) electrons. The SMILES string of the molecule is CCOc1cc([C@H]2C(C#N)=C(N)Oc3n[nH]c(C)c32)ccc1OCc1cccc2ccccc12. The zero-order valence-electron chi connectivity index (χ0n) is 19.0. The Labute approximate surface area is 197 Å². The van der Waals surface area contributed by atoms with Crippen LogP contribution in [0, 0.1) is 18.3 Å². The van der Waals surface area contributed by atoms with Crippen LogP contribution >= 0.6 is 0 Å². The Morgan fingerprint density at radius 2 is 1.91 bits per heavy atom. The number of nitrogens with one attached hydrogen (secondary N) is 1. The molecule has 170 valence electrons. The second-order valence-corrected chi connectivity index (χ2v) is 8.06. The molecule has 5 rings (SSSR count). The minimum Gasteiger partial charge on any atom is -0.490 e. The zero-order valence-corrected chi connectivity index (χ0v) is 19.0. The van der Waals surface area contributed by atoms with Gasteiger partial charge in [-0.05, 0) is 47.9 Å². The molecule has 34 heavy (non-hydrogen) atoms. The lowest BCUT2D eigenvalue weighted by molar-refractivity contribution is 0.270. The largest absolute Gasteiger partial charge is 0.490 e. The zero-order chi connectivity index (χ0) is 23.7. The van der Waals surface area contributed by atoms with Crippen molar-refractivity contribution in [3.63, 3.8) is 0 Å². The summed E-state index contributed by atoms with van der Waals surface area (Å²) in [6.07, 6.45) is 0. The average molecular weight is 453 g/mol. The standard InChI is InChI=1S/C27H24N4O3/c1-3-32-23-13-18(25-21(14-28)26(29)34-27-24(25)16(2)30-31-27)11-12-22(23)33-15-19-9-6-8-17-7-4-5-10-20(17)19/h4-13,25H,3,15,29H2,1-2H3,(H,30,31)/t25-/m0/s1. The van der Waals surface area contributed by atoms with Gasteiger partial charge in [0.2, 0.25) is 11.8 Å². The van der Waals surface area contributed by atoms with Gasteiger partial charge in [-0.2, -0.15) is 5.26 Å². The lowest BCUT2D eigenvalue weighted by Crippen LogP contribution is -2.21. The van der Waals surface area contributed by atoms with Gasteiger partial charge in [-0.3, -0.25) is 5.10 Å². The summed E-state index contributed by atoms with van der Waals surface area (Å²) in [7, 11) is 0. The summed E-state index contributed by atoms with van der Waals surface area (Å²) in [5.74, 6) is 1.25. The number of ether oxygens (including phenoxy) is 3. The molecule has 0 amide bonds. The molecule has 0 unspecified atom stereocenters. The molecule has 0 fully saturated rings. The fraction of sp³-hybridized carbons (Fsp3) is 0.185. The van der Waals surface area contributed by atoms with Gasteiger partial charge in [-0.15, -0.1) is 5.10 Å². The van der Waals surface area contributed by atoms with E-state index in [0.717, 1.165) is 27.8 Å². The fourth-order valence-electron chi connectivity index (χ4n) is 4.40. The van der Waals surface area contributed by atoms with Crippen LogP contribution in [-0.4, -0.2) is 16.8 Å². The summed E-state index contributed by atoms with van der Waals surface area (Å²) >= 11 is 0. The number of nitriles is 1. The Morgan fingerprint density at radius 3 is 2.74 bits per heavy atom. The number of H-pyrrole nitrogens is 1. The highest BCUT2D eigenvalue weighted by Crippen LogP contribution is 2.44. The van der Waals surface area contributed by atoms with Crippen LogP contribution in [0.25, 0.3) is 10.8 Å². The Kier molecular flexibility index (Phi) is 5.56.